The summed E-state index contributed by atoms with van der Waals surface area (Å²) >= 11 is 0. The first-order valence-corrected chi connectivity index (χ1v) is 10.4. The number of amides is 2. The van der Waals surface area contributed by atoms with E-state index in [0.717, 1.165) is 25.7 Å². The summed E-state index contributed by atoms with van der Waals surface area (Å²) in [5, 5.41) is 5.79. The van der Waals surface area contributed by atoms with E-state index < -0.39 is 17.3 Å². The molecule has 0 bridgehead atoms. The van der Waals surface area contributed by atoms with Gasteiger partial charge in [0.1, 0.15) is 11.2 Å². The Kier molecular flexibility index (Phi) is 8.60. The summed E-state index contributed by atoms with van der Waals surface area (Å²) in [7, 11) is 0. The molecule has 0 saturated heterocycles. The molecular weight excluding hydrogens is 358 g/mol. The van der Waals surface area contributed by atoms with E-state index in [1.807, 2.05) is 48.5 Å². The van der Waals surface area contributed by atoms with Crippen LogP contribution in [0, 0.1) is 11.3 Å². The molecule has 0 heterocycles. The molecule has 0 spiro atoms. The Balaban J connectivity index is 2.53. The lowest BCUT2D eigenvalue weighted by Crippen LogP contribution is -2.46. The van der Waals surface area contributed by atoms with Crippen LogP contribution in [0.2, 0.25) is 0 Å². The van der Waals surface area contributed by atoms with Crippen molar-refractivity contribution in [3.05, 3.63) is 0 Å². The van der Waals surface area contributed by atoms with Gasteiger partial charge in [-0.2, -0.15) is 0 Å². The third kappa shape index (κ3) is 9.13. The Morgan fingerprint density at radius 2 is 1.57 bits per heavy atom. The van der Waals surface area contributed by atoms with E-state index in [2.05, 4.69) is 10.6 Å². The van der Waals surface area contributed by atoms with Crippen molar-refractivity contribution in [3.63, 3.8) is 0 Å². The molecule has 4 N–H and O–H groups in total. The molecule has 0 aromatic rings. The van der Waals surface area contributed by atoms with Gasteiger partial charge in [0.25, 0.3) is 0 Å². The molecule has 2 atom stereocenters. The lowest BCUT2D eigenvalue weighted by Gasteiger charge is -2.45. The van der Waals surface area contributed by atoms with Crippen LogP contribution in [0.5, 0.6) is 0 Å². The number of alkyl carbamates (subject to hydrolysis) is 2. The molecule has 28 heavy (non-hydrogen) atoms. The number of carbonyl (C=O) groups excluding carboxylic acids is 2. The zero-order valence-corrected chi connectivity index (χ0v) is 18.8. The van der Waals surface area contributed by atoms with Gasteiger partial charge in [0.15, 0.2) is 0 Å². The van der Waals surface area contributed by atoms with E-state index in [0.29, 0.717) is 13.1 Å². The third-order valence-corrected chi connectivity index (χ3v) is 5.19. The van der Waals surface area contributed by atoms with Crippen LogP contribution in [0.15, 0.2) is 0 Å². The predicted molar refractivity (Wildman–Crippen MR) is 111 cm³/mol. The lowest BCUT2D eigenvalue weighted by molar-refractivity contribution is 0.0401. The zero-order chi connectivity index (χ0) is 21.6. The van der Waals surface area contributed by atoms with Crippen molar-refractivity contribution in [2.24, 2.45) is 17.1 Å². The average Bonchev–Trinajstić information content (AvgIpc) is 2.44. The maximum absolute atomic E-state index is 12.1. The highest BCUT2D eigenvalue weighted by molar-refractivity contribution is 5.68. The van der Waals surface area contributed by atoms with Crippen LogP contribution in [0.25, 0.3) is 0 Å². The highest BCUT2D eigenvalue weighted by Gasteiger charge is 2.39. The second kappa shape index (κ2) is 9.81. The quantitative estimate of drug-likeness (QED) is 0.573. The number of rotatable bonds is 8. The van der Waals surface area contributed by atoms with Gasteiger partial charge in [-0.15, -0.1) is 0 Å². The van der Waals surface area contributed by atoms with Crippen LogP contribution in [0.3, 0.4) is 0 Å². The first-order valence-electron chi connectivity index (χ1n) is 10.4. The molecule has 1 fully saturated rings. The Morgan fingerprint density at radius 3 is 2.00 bits per heavy atom. The lowest BCUT2D eigenvalue weighted by atomic mass is 9.61. The average molecular weight is 400 g/mol. The molecule has 0 radical (unpaired) electrons. The van der Waals surface area contributed by atoms with E-state index in [9.17, 15) is 9.59 Å². The highest BCUT2D eigenvalue weighted by atomic mass is 16.6. The van der Waals surface area contributed by atoms with Crippen LogP contribution in [-0.2, 0) is 9.47 Å². The normalized spacial score (nSPS) is 18.4. The van der Waals surface area contributed by atoms with Gasteiger partial charge < -0.3 is 25.8 Å². The Labute approximate surface area is 170 Å². The summed E-state index contributed by atoms with van der Waals surface area (Å²) in [5.41, 5.74) is 5.18. The molecule has 1 unspecified atom stereocenters. The van der Waals surface area contributed by atoms with Gasteiger partial charge >= 0.3 is 12.2 Å². The van der Waals surface area contributed by atoms with Crippen LogP contribution in [-0.4, -0.2) is 42.5 Å². The van der Waals surface area contributed by atoms with Crippen molar-refractivity contribution in [3.8, 4) is 0 Å². The molecular formula is C21H41N3O4. The standard InChI is InChI=1S/C21H41N3O4/c1-15(24-18(26)28-20(5,6)7)16(14-22)13-21(9-8-10-21)11-12-23-17(25)27-19(2,3)4/h15-16H,8-14,22H2,1-7H3,(H,23,25)(H,24,26)/t15-,16?/m1/s1. The predicted octanol–water partition coefficient (Wildman–Crippen LogP) is 3.95. The maximum atomic E-state index is 12.1. The molecule has 7 nitrogen and oxygen atoms in total. The Morgan fingerprint density at radius 1 is 1.04 bits per heavy atom. The van der Waals surface area contributed by atoms with Crippen molar-refractivity contribution in [2.45, 2.75) is 97.8 Å². The fraction of sp³-hybridized carbons (Fsp3) is 0.905. The number of nitrogens with two attached hydrogens (primary N) is 1. The molecule has 0 aliphatic heterocycles. The van der Waals surface area contributed by atoms with Crippen molar-refractivity contribution in [2.75, 3.05) is 13.1 Å². The minimum atomic E-state index is -0.523. The minimum Gasteiger partial charge on any atom is -0.444 e. The third-order valence-electron chi connectivity index (χ3n) is 5.19. The molecule has 1 rings (SSSR count). The van der Waals surface area contributed by atoms with E-state index >= 15 is 0 Å². The molecule has 1 aliphatic rings. The smallest absolute Gasteiger partial charge is 0.407 e. The Bertz CT molecular complexity index is 519. The number of hydrogen-bond acceptors (Lipinski definition) is 5. The second-order valence-corrected chi connectivity index (χ2v) is 10.2. The van der Waals surface area contributed by atoms with Gasteiger partial charge in [-0.05, 0) is 92.0 Å². The molecule has 1 saturated carbocycles. The molecule has 1 aliphatic carbocycles. The summed E-state index contributed by atoms with van der Waals surface area (Å²) in [4.78, 5) is 23.9. The maximum Gasteiger partial charge on any atom is 0.407 e. The van der Waals surface area contributed by atoms with Gasteiger partial charge in [-0.3, -0.25) is 0 Å². The highest BCUT2D eigenvalue weighted by Crippen LogP contribution is 2.48. The largest absolute Gasteiger partial charge is 0.444 e. The van der Waals surface area contributed by atoms with Crippen molar-refractivity contribution >= 4 is 12.2 Å². The minimum absolute atomic E-state index is 0.0730. The first kappa shape index (κ1) is 24.5. The zero-order valence-electron chi connectivity index (χ0n) is 18.8. The van der Waals surface area contributed by atoms with Gasteiger partial charge in [-0.1, -0.05) is 6.42 Å². The van der Waals surface area contributed by atoms with E-state index in [1.165, 1.54) is 6.42 Å². The Hall–Kier alpha value is -1.50. The molecule has 164 valence electrons. The van der Waals surface area contributed by atoms with Gasteiger partial charge in [-0.25, -0.2) is 9.59 Å². The first-order chi connectivity index (χ1) is 12.8. The second-order valence-electron chi connectivity index (χ2n) is 10.2. The van der Waals surface area contributed by atoms with Crippen LogP contribution >= 0.6 is 0 Å². The van der Waals surface area contributed by atoms with Crippen molar-refractivity contribution < 1.29 is 19.1 Å². The summed E-state index contributed by atoms with van der Waals surface area (Å²) in [6.45, 7) is 14.2. The summed E-state index contributed by atoms with van der Waals surface area (Å²) in [5.74, 6) is 0.161. The monoisotopic (exact) mass is 399 g/mol. The number of nitrogens with one attached hydrogen (secondary N) is 2. The summed E-state index contributed by atoms with van der Waals surface area (Å²) in [6.07, 6.45) is 4.47. The van der Waals surface area contributed by atoms with Gasteiger partial charge in [0.2, 0.25) is 0 Å². The molecule has 7 heteroatoms. The van der Waals surface area contributed by atoms with Crippen molar-refractivity contribution in [1.29, 1.82) is 0 Å². The molecule has 0 aromatic carbocycles. The number of ether oxygens (including phenoxy) is 2. The van der Waals surface area contributed by atoms with Crippen LogP contribution < -0.4 is 16.4 Å². The topological polar surface area (TPSA) is 103 Å². The SMILES string of the molecule is C[C@@H](NC(=O)OC(C)(C)C)C(CN)CC1(CCNC(=O)OC(C)(C)C)CCC1. The van der Waals surface area contributed by atoms with E-state index in [1.54, 1.807) is 0 Å². The van der Waals surface area contributed by atoms with Crippen LogP contribution in [0.1, 0.15) is 80.6 Å². The number of carbonyl (C=O) groups is 2. The van der Waals surface area contributed by atoms with Crippen LogP contribution in [0.4, 0.5) is 9.59 Å². The fourth-order valence-electron chi connectivity index (χ4n) is 3.61. The fourth-order valence-corrected chi connectivity index (χ4v) is 3.61. The van der Waals surface area contributed by atoms with E-state index in [-0.39, 0.29) is 23.5 Å². The molecule has 2 amide bonds. The summed E-state index contributed by atoms with van der Waals surface area (Å²) in [6, 6.07) is -0.0730. The van der Waals surface area contributed by atoms with E-state index in [4.69, 9.17) is 15.2 Å². The summed E-state index contributed by atoms with van der Waals surface area (Å²) < 4.78 is 10.6. The van der Waals surface area contributed by atoms with Gasteiger partial charge in [0, 0.05) is 12.6 Å². The van der Waals surface area contributed by atoms with Gasteiger partial charge in [0.05, 0.1) is 0 Å². The number of hydrogen-bond donors (Lipinski definition) is 3. The molecule has 0 aromatic heterocycles. The van der Waals surface area contributed by atoms with Crippen molar-refractivity contribution in [1.82, 2.24) is 10.6 Å².